The number of aryl methyl sites for hydroxylation is 1. The highest BCUT2D eigenvalue weighted by atomic mass is 16.3. The third kappa shape index (κ3) is 4.62. The number of aliphatic imine (C=N–C) groups is 1. The van der Waals surface area contributed by atoms with E-state index in [1.165, 1.54) is 0 Å². The minimum atomic E-state index is -0.578. The van der Waals surface area contributed by atoms with Gasteiger partial charge in [0.25, 0.3) is 5.91 Å². The smallest absolute Gasteiger partial charge is 0.284 e. The van der Waals surface area contributed by atoms with Crippen LogP contribution < -0.4 is 11.1 Å². The van der Waals surface area contributed by atoms with E-state index in [1.54, 1.807) is 19.2 Å². The lowest BCUT2D eigenvalue weighted by Crippen LogP contribution is -2.38. The van der Waals surface area contributed by atoms with Crippen LogP contribution in [0.25, 0.3) is 0 Å². The summed E-state index contributed by atoms with van der Waals surface area (Å²) in [5.74, 6) is 1.26. The average molecular weight is 346 g/mol. The maximum absolute atomic E-state index is 11.1. The number of carbonyl (C=O) groups excluding carboxylic acids is 1. The van der Waals surface area contributed by atoms with Crippen LogP contribution in [0.2, 0.25) is 0 Å². The minimum absolute atomic E-state index is 0.150. The Morgan fingerprint density at radius 1 is 1.48 bits per heavy atom. The van der Waals surface area contributed by atoms with Crippen LogP contribution in [-0.4, -0.2) is 40.6 Å². The first-order chi connectivity index (χ1) is 11.8. The number of nitrogens with two attached hydrogens (primary N) is 1. The van der Waals surface area contributed by atoms with E-state index in [-0.39, 0.29) is 5.76 Å². The molecule has 0 radical (unpaired) electrons. The van der Waals surface area contributed by atoms with Gasteiger partial charge in [-0.2, -0.15) is 5.10 Å². The van der Waals surface area contributed by atoms with Crippen molar-refractivity contribution < 1.29 is 9.21 Å². The number of nitrogens with zero attached hydrogens (tertiary/aromatic N) is 4. The first-order valence-electron chi connectivity index (χ1n) is 8.14. The molecule has 3 N–H and O–H groups in total. The quantitative estimate of drug-likeness (QED) is 0.609. The highest BCUT2D eigenvalue weighted by Gasteiger charge is 2.15. The molecular weight excluding hydrogens is 320 g/mol. The van der Waals surface area contributed by atoms with Crippen LogP contribution >= 0.6 is 0 Å². The molecule has 0 saturated carbocycles. The van der Waals surface area contributed by atoms with Gasteiger partial charge < -0.3 is 20.4 Å². The molecule has 8 nitrogen and oxygen atoms in total. The zero-order valence-corrected chi connectivity index (χ0v) is 15.4. The van der Waals surface area contributed by atoms with Crippen molar-refractivity contribution in [1.29, 1.82) is 0 Å². The Hall–Kier alpha value is -2.77. The summed E-state index contributed by atoms with van der Waals surface area (Å²) in [7, 11) is 5.61. The molecule has 1 amide bonds. The predicted molar refractivity (Wildman–Crippen MR) is 96.2 cm³/mol. The molecule has 0 spiro atoms. The Morgan fingerprint density at radius 3 is 2.76 bits per heavy atom. The Bertz CT molecular complexity index is 759. The topological polar surface area (TPSA) is 102 Å². The lowest BCUT2D eigenvalue weighted by Gasteiger charge is -2.22. The van der Waals surface area contributed by atoms with Gasteiger partial charge in [0.05, 0.1) is 12.2 Å². The SMILES string of the molecule is CN=C(NCc1ccc(C(N)=O)o1)N(C)Cc1cn(C)nc1C(C)C. The molecule has 0 bridgehead atoms. The van der Waals surface area contributed by atoms with Gasteiger partial charge in [-0.05, 0) is 18.1 Å². The Kier molecular flexibility index (Phi) is 5.84. The van der Waals surface area contributed by atoms with E-state index < -0.39 is 5.91 Å². The Balaban J connectivity index is 2.01. The van der Waals surface area contributed by atoms with Crippen molar-refractivity contribution in [3.05, 3.63) is 41.1 Å². The van der Waals surface area contributed by atoms with E-state index in [4.69, 9.17) is 10.2 Å². The molecule has 0 aliphatic rings. The van der Waals surface area contributed by atoms with Crippen molar-refractivity contribution in [3.8, 4) is 0 Å². The number of primary amides is 1. The number of hydrogen-bond acceptors (Lipinski definition) is 4. The summed E-state index contributed by atoms with van der Waals surface area (Å²) in [5.41, 5.74) is 7.44. The normalized spacial score (nSPS) is 11.8. The third-order valence-electron chi connectivity index (χ3n) is 3.79. The second-order valence-electron chi connectivity index (χ2n) is 6.25. The van der Waals surface area contributed by atoms with Crippen LogP contribution in [0, 0.1) is 0 Å². The van der Waals surface area contributed by atoms with Crippen molar-refractivity contribution in [1.82, 2.24) is 20.0 Å². The zero-order chi connectivity index (χ0) is 18.6. The van der Waals surface area contributed by atoms with E-state index in [0.717, 1.165) is 17.2 Å². The van der Waals surface area contributed by atoms with E-state index in [0.29, 0.717) is 24.8 Å². The first-order valence-corrected chi connectivity index (χ1v) is 8.14. The monoisotopic (exact) mass is 346 g/mol. The van der Waals surface area contributed by atoms with Gasteiger partial charge in [0.1, 0.15) is 5.76 Å². The van der Waals surface area contributed by atoms with Gasteiger partial charge in [0.2, 0.25) is 0 Å². The molecule has 136 valence electrons. The number of hydrogen-bond donors (Lipinski definition) is 2. The highest BCUT2D eigenvalue weighted by Crippen LogP contribution is 2.18. The molecule has 0 fully saturated rings. The van der Waals surface area contributed by atoms with E-state index in [2.05, 4.69) is 29.3 Å². The van der Waals surface area contributed by atoms with Crippen molar-refractivity contribution in [2.24, 2.45) is 17.8 Å². The molecule has 0 saturated heterocycles. The first kappa shape index (κ1) is 18.6. The summed E-state index contributed by atoms with van der Waals surface area (Å²) in [5, 5.41) is 7.75. The molecule has 8 heteroatoms. The van der Waals surface area contributed by atoms with Gasteiger partial charge >= 0.3 is 0 Å². The largest absolute Gasteiger partial charge is 0.454 e. The summed E-state index contributed by atoms with van der Waals surface area (Å²) in [6, 6.07) is 3.29. The number of amides is 1. The number of aromatic nitrogens is 2. The molecule has 0 unspecified atom stereocenters. The molecule has 2 aromatic rings. The fourth-order valence-electron chi connectivity index (χ4n) is 2.65. The van der Waals surface area contributed by atoms with E-state index >= 15 is 0 Å². The van der Waals surface area contributed by atoms with Crippen LogP contribution in [-0.2, 0) is 20.1 Å². The van der Waals surface area contributed by atoms with Crippen LogP contribution in [0.3, 0.4) is 0 Å². The van der Waals surface area contributed by atoms with Gasteiger partial charge in [-0.3, -0.25) is 14.5 Å². The van der Waals surface area contributed by atoms with E-state index in [9.17, 15) is 4.79 Å². The van der Waals surface area contributed by atoms with Crippen molar-refractivity contribution in [2.75, 3.05) is 14.1 Å². The lowest BCUT2D eigenvalue weighted by atomic mass is 10.1. The van der Waals surface area contributed by atoms with Crippen LogP contribution in [0.5, 0.6) is 0 Å². The molecule has 0 atom stereocenters. The second kappa shape index (κ2) is 7.87. The molecule has 0 aliphatic carbocycles. The van der Waals surface area contributed by atoms with Crippen molar-refractivity contribution in [2.45, 2.75) is 32.9 Å². The second-order valence-corrected chi connectivity index (χ2v) is 6.25. The maximum Gasteiger partial charge on any atom is 0.284 e. The van der Waals surface area contributed by atoms with Gasteiger partial charge in [-0.25, -0.2) is 0 Å². The fourth-order valence-corrected chi connectivity index (χ4v) is 2.65. The van der Waals surface area contributed by atoms with E-state index in [1.807, 2.05) is 29.9 Å². The van der Waals surface area contributed by atoms with Crippen molar-refractivity contribution >= 4 is 11.9 Å². The Labute approximate surface area is 147 Å². The lowest BCUT2D eigenvalue weighted by molar-refractivity contribution is 0.0972. The zero-order valence-electron chi connectivity index (χ0n) is 15.4. The Morgan fingerprint density at radius 2 is 2.20 bits per heavy atom. The number of furan rings is 1. The third-order valence-corrected chi connectivity index (χ3v) is 3.79. The highest BCUT2D eigenvalue weighted by molar-refractivity contribution is 5.89. The average Bonchev–Trinajstić information content (AvgIpc) is 3.14. The predicted octanol–water partition coefficient (Wildman–Crippen LogP) is 1.44. The van der Waals surface area contributed by atoms with Gasteiger partial charge in [0.15, 0.2) is 11.7 Å². The minimum Gasteiger partial charge on any atom is -0.454 e. The van der Waals surface area contributed by atoms with Gasteiger partial charge in [-0.15, -0.1) is 0 Å². The summed E-state index contributed by atoms with van der Waals surface area (Å²) in [6.45, 7) is 5.36. The number of nitrogens with one attached hydrogen (secondary N) is 1. The van der Waals surface area contributed by atoms with Crippen LogP contribution in [0.15, 0.2) is 27.7 Å². The van der Waals surface area contributed by atoms with Gasteiger partial charge in [0, 0.05) is 39.4 Å². The molecule has 0 aromatic carbocycles. The molecule has 2 heterocycles. The number of guanidine groups is 1. The molecule has 25 heavy (non-hydrogen) atoms. The molecule has 0 aliphatic heterocycles. The summed E-state index contributed by atoms with van der Waals surface area (Å²) in [6.07, 6.45) is 2.03. The number of rotatable bonds is 6. The maximum atomic E-state index is 11.1. The fraction of sp³-hybridized carbons (Fsp3) is 0.471. The number of carbonyl (C=O) groups is 1. The summed E-state index contributed by atoms with van der Waals surface area (Å²) < 4.78 is 7.20. The summed E-state index contributed by atoms with van der Waals surface area (Å²) in [4.78, 5) is 17.4. The van der Waals surface area contributed by atoms with Crippen LogP contribution in [0.1, 0.15) is 47.3 Å². The van der Waals surface area contributed by atoms with Crippen LogP contribution in [0.4, 0.5) is 0 Å². The summed E-state index contributed by atoms with van der Waals surface area (Å²) >= 11 is 0. The van der Waals surface area contributed by atoms with Gasteiger partial charge in [-0.1, -0.05) is 13.8 Å². The molecule has 2 rings (SSSR count). The standard InChI is InChI=1S/C17H26N6O2/c1-11(2)15-12(10-23(5)21-15)9-22(4)17(19-3)20-8-13-6-7-14(25-13)16(18)24/h6-7,10-11H,8-9H2,1-5H3,(H2,18,24)(H,19,20). The van der Waals surface area contributed by atoms with Crippen molar-refractivity contribution in [3.63, 3.8) is 0 Å². The molecule has 2 aromatic heterocycles. The molecular formula is C17H26N6O2.